The molecule has 0 atom stereocenters. The van der Waals surface area contributed by atoms with E-state index in [9.17, 15) is 4.79 Å². The van der Waals surface area contributed by atoms with Gasteiger partial charge >= 0.3 is 5.97 Å². The molecule has 0 radical (unpaired) electrons. The van der Waals surface area contributed by atoms with Crippen LogP contribution >= 0.6 is 0 Å². The zero-order chi connectivity index (χ0) is 14.5. The molecular weight excluding hydrogens is 238 g/mol. The van der Waals surface area contributed by atoms with Gasteiger partial charge in [0.05, 0.1) is 6.42 Å². The van der Waals surface area contributed by atoms with Gasteiger partial charge in [-0.15, -0.1) is 0 Å². The molecule has 0 aliphatic carbocycles. The minimum atomic E-state index is -0.410. The van der Waals surface area contributed by atoms with E-state index in [1.165, 1.54) is 5.56 Å². The van der Waals surface area contributed by atoms with Gasteiger partial charge in [0.2, 0.25) is 0 Å². The van der Waals surface area contributed by atoms with Gasteiger partial charge in [-0.3, -0.25) is 4.79 Å². The summed E-state index contributed by atoms with van der Waals surface area (Å²) in [5.74, 6) is 0.298. The van der Waals surface area contributed by atoms with Crippen molar-refractivity contribution in [3.05, 3.63) is 29.8 Å². The van der Waals surface area contributed by atoms with E-state index in [0.29, 0.717) is 18.9 Å². The Kier molecular flexibility index (Phi) is 5.40. The van der Waals surface area contributed by atoms with Gasteiger partial charge in [0.1, 0.15) is 5.60 Å². The maximum atomic E-state index is 11.6. The second kappa shape index (κ2) is 6.60. The monoisotopic (exact) mass is 263 g/mol. The molecule has 0 unspecified atom stereocenters. The topological polar surface area (TPSA) is 38.3 Å². The molecule has 0 saturated carbocycles. The van der Waals surface area contributed by atoms with Gasteiger partial charge in [0.15, 0.2) is 0 Å². The van der Waals surface area contributed by atoms with Crippen molar-refractivity contribution in [1.29, 1.82) is 0 Å². The maximum absolute atomic E-state index is 11.6. The number of anilines is 1. The standard InChI is InChI=1S/C16H25NO2/c1-12(2)13-8-6-7-9-14(13)17-11-10-15(18)19-16(3,4)5/h6-9,12,17H,10-11H2,1-5H3. The first-order valence-corrected chi connectivity index (χ1v) is 6.84. The highest BCUT2D eigenvalue weighted by atomic mass is 16.6. The van der Waals surface area contributed by atoms with Crippen LogP contribution in [-0.4, -0.2) is 18.1 Å². The summed E-state index contributed by atoms with van der Waals surface area (Å²) in [7, 11) is 0. The van der Waals surface area contributed by atoms with Gasteiger partial charge < -0.3 is 10.1 Å². The number of benzene rings is 1. The molecule has 106 valence electrons. The maximum Gasteiger partial charge on any atom is 0.308 e. The molecule has 0 amide bonds. The van der Waals surface area contributed by atoms with E-state index >= 15 is 0 Å². The van der Waals surface area contributed by atoms with Crippen molar-refractivity contribution in [3.8, 4) is 0 Å². The van der Waals surface area contributed by atoms with Gasteiger partial charge in [0, 0.05) is 12.2 Å². The quantitative estimate of drug-likeness (QED) is 0.817. The molecule has 0 fully saturated rings. The third-order valence-electron chi connectivity index (χ3n) is 2.65. The first-order valence-electron chi connectivity index (χ1n) is 6.84. The Balaban J connectivity index is 2.48. The van der Waals surface area contributed by atoms with Gasteiger partial charge in [-0.05, 0) is 38.3 Å². The highest BCUT2D eigenvalue weighted by Gasteiger charge is 2.15. The molecular formula is C16H25NO2. The molecule has 3 nitrogen and oxygen atoms in total. The number of rotatable bonds is 5. The van der Waals surface area contributed by atoms with Crippen LogP contribution in [0.5, 0.6) is 0 Å². The van der Waals surface area contributed by atoms with E-state index in [1.54, 1.807) is 0 Å². The van der Waals surface area contributed by atoms with Crippen LogP contribution in [0.4, 0.5) is 5.69 Å². The molecule has 0 bridgehead atoms. The highest BCUT2D eigenvalue weighted by Crippen LogP contribution is 2.23. The number of carbonyl (C=O) groups excluding carboxylic acids is 1. The number of hydrogen-bond donors (Lipinski definition) is 1. The van der Waals surface area contributed by atoms with Crippen LogP contribution in [0.25, 0.3) is 0 Å². The lowest BCUT2D eigenvalue weighted by Gasteiger charge is -2.20. The molecule has 0 saturated heterocycles. The molecule has 3 heteroatoms. The van der Waals surface area contributed by atoms with E-state index in [4.69, 9.17) is 4.74 Å². The summed E-state index contributed by atoms with van der Waals surface area (Å²) in [4.78, 5) is 11.6. The van der Waals surface area contributed by atoms with Crippen LogP contribution in [0, 0.1) is 0 Å². The first kappa shape index (κ1) is 15.5. The molecule has 1 aromatic carbocycles. The number of para-hydroxylation sites is 1. The van der Waals surface area contributed by atoms with Crippen LogP contribution in [-0.2, 0) is 9.53 Å². The normalized spacial score (nSPS) is 11.5. The zero-order valence-corrected chi connectivity index (χ0v) is 12.6. The molecule has 0 heterocycles. The molecule has 1 rings (SSSR count). The Bertz CT molecular complexity index is 419. The lowest BCUT2D eigenvalue weighted by molar-refractivity contribution is -0.154. The Labute approximate surface area is 116 Å². The fraction of sp³-hybridized carbons (Fsp3) is 0.562. The Morgan fingerprint density at radius 3 is 2.47 bits per heavy atom. The Morgan fingerprint density at radius 1 is 1.26 bits per heavy atom. The molecule has 0 aliphatic rings. The summed E-state index contributed by atoms with van der Waals surface area (Å²) in [6.45, 7) is 10.6. The molecule has 1 N–H and O–H groups in total. The number of carbonyl (C=O) groups is 1. The fourth-order valence-corrected chi connectivity index (χ4v) is 1.85. The van der Waals surface area contributed by atoms with Crippen molar-refractivity contribution in [2.75, 3.05) is 11.9 Å². The minimum Gasteiger partial charge on any atom is -0.460 e. The van der Waals surface area contributed by atoms with Crippen molar-refractivity contribution in [1.82, 2.24) is 0 Å². The molecule has 19 heavy (non-hydrogen) atoms. The molecule has 0 aliphatic heterocycles. The van der Waals surface area contributed by atoms with Crippen LogP contribution in [0.15, 0.2) is 24.3 Å². The lowest BCUT2D eigenvalue weighted by Crippen LogP contribution is -2.25. The van der Waals surface area contributed by atoms with Crippen LogP contribution in [0.3, 0.4) is 0 Å². The van der Waals surface area contributed by atoms with Gasteiger partial charge in [-0.2, -0.15) is 0 Å². The van der Waals surface area contributed by atoms with E-state index in [1.807, 2.05) is 39.0 Å². The largest absolute Gasteiger partial charge is 0.460 e. The number of ether oxygens (including phenoxy) is 1. The van der Waals surface area contributed by atoms with Gasteiger partial charge in [-0.1, -0.05) is 32.0 Å². The van der Waals surface area contributed by atoms with E-state index in [-0.39, 0.29) is 5.97 Å². The van der Waals surface area contributed by atoms with Crippen molar-refractivity contribution >= 4 is 11.7 Å². The molecule has 0 spiro atoms. The van der Waals surface area contributed by atoms with Gasteiger partial charge in [0.25, 0.3) is 0 Å². The summed E-state index contributed by atoms with van der Waals surface area (Å²) in [6, 6.07) is 8.20. The number of nitrogens with one attached hydrogen (secondary N) is 1. The van der Waals surface area contributed by atoms with Crippen molar-refractivity contribution in [2.24, 2.45) is 0 Å². The second-order valence-corrected chi connectivity index (χ2v) is 6.01. The average Bonchev–Trinajstić information content (AvgIpc) is 2.27. The third kappa shape index (κ3) is 5.77. The summed E-state index contributed by atoms with van der Waals surface area (Å²) in [5, 5.41) is 3.31. The van der Waals surface area contributed by atoms with E-state index in [2.05, 4.69) is 25.2 Å². The number of hydrogen-bond acceptors (Lipinski definition) is 3. The number of esters is 1. The van der Waals surface area contributed by atoms with Crippen LogP contribution < -0.4 is 5.32 Å². The predicted octanol–water partition coefficient (Wildman–Crippen LogP) is 3.95. The SMILES string of the molecule is CC(C)c1ccccc1NCCC(=O)OC(C)(C)C. The van der Waals surface area contributed by atoms with Gasteiger partial charge in [-0.25, -0.2) is 0 Å². The Morgan fingerprint density at radius 2 is 1.89 bits per heavy atom. The van der Waals surface area contributed by atoms with Crippen molar-refractivity contribution < 1.29 is 9.53 Å². The smallest absolute Gasteiger partial charge is 0.308 e. The average molecular weight is 263 g/mol. The Hall–Kier alpha value is -1.51. The minimum absolute atomic E-state index is 0.165. The first-order chi connectivity index (χ1) is 8.79. The van der Waals surface area contributed by atoms with E-state index < -0.39 is 5.60 Å². The summed E-state index contributed by atoms with van der Waals surface area (Å²) < 4.78 is 5.27. The predicted molar refractivity (Wildman–Crippen MR) is 79.5 cm³/mol. The fourth-order valence-electron chi connectivity index (χ4n) is 1.85. The van der Waals surface area contributed by atoms with Crippen molar-refractivity contribution in [3.63, 3.8) is 0 Å². The third-order valence-corrected chi connectivity index (χ3v) is 2.65. The van der Waals surface area contributed by atoms with Crippen LogP contribution in [0.1, 0.15) is 52.5 Å². The summed E-state index contributed by atoms with van der Waals surface area (Å²) >= 11 is 0. The van der Waals surface area contributed by atoms with E-state index in [0.717, 1.165) is 5.69 Å². The summed E-state index contributed by atoms with van der Waals surface area (Å²) in [6.07, 6.45) is 0.379. The lowest BCUT2D eigenvalue weighted by atomic mass is 10.0. The highest BCUT2D eigenvalue weighted by molar-refractivity contribution is 5.70. The summed E-state index contributed by atoms with van der Waals surface area (Å²) in [5.41, 5.74) is 1.96. The second-order valence-electron chi connectivity index (χ2n) is 6.01. The molecule has 0 aromatic heterocycles. The molecule has 1 aromatic rings. The van der Waals surface area contributed by atoms with Crippen LogP contribution in [0.2, 0.25) is 0 Å². The van der Waals surface area contributed by atoms with Crippen molar-refractivity contribution in [2.45, 2.75) is 52.6 Å². The zero-order valence-electron chi connectivity index (χ0n) is 12.6.